The molecule has 0 aliphatic carbocycles. The molecule has 1 aromatic rings. The van der Waals surface area contributed by atoms with Gasteiger partial charge in [-0.25, -0.2) is 0 Å². The molecule has 23 heavy (non-hydrogen) atoms. The number of morpholine rings is 1. The molecule has 2 saturated heterocycles. The second-order valence-corrected chi connectivity index (χ2v) is 6.91. The quantitative estimate of drug-likeness (QED) is 0.435. The number of nitrogens with zero attached hydrogens (tertiary/aromatic N) is 3. The second kappa shape index (κ2) is 9.80. The molecule has 2 N–H and O–H groups in total. The molecule has 130 valence electrons. The highest BCUT2D eigenvalue weighted by atomic mass is 127. The highest BCUT2D eigenvalue weighted by Gasteiger charge is 2.23. The summed E-state index contributed by atoms with van der Waals surface area (Å²) in [6.07, 6.45) is 3.78. The average Bonchev–Trinajstić information content (AvgIpc) is 3.11. The minimum Gasteiger partial charge on any atom is -0.379 e. The van der Waals surface area contributed by atoms with Gasteiger partial charge in [-0.3, -0.25) is 9.89 Å². The number of piperidine rings is 1. The summed E-state index contributed by atoms with van der Waals surface area (Å²) in [5, 5.41) is 2.14. The molecule has 0 spiro atoms. The van der Waals surface area contributed by atoms with Crippen molar-refractivity contribution in [3.05, 3.63) is 22.4 Å². The first-order valence-corrected chi connectivity index (χ1v) is 9.12. The Balaban J connectivity index is 0.00000192. The molecule has 2 aliphatic heterocycles. The summed E-state index contributed by atoms with van der Waals surface area (Å²) in [7, 11) is 0. The van der Waals surface area contributed by atoms with Crippen molar-refractivity contribution in [2.75, 3.05) is 45.9 Å². The zero-order chi connectivity index (χ0) is 15.2. The third-order valence-corrected chi connectivity index (χ3v) is 5.44. The van der Waals surface area contributed by atoms with Gasteiger partial charge in [0.05, 0.1) is 25.8 Å². The minimum absolute atomic E-state index is 0. The average molecular weight is 450 g/mol. The van der Waals surface area contributed by atoms with Gasteiger partial charge in [-0.05, 0) is 30.7 Å². The fraction of sp³-hybridized carbons (Fsp3) is 0.688. The molecule has 0 amide bonds. The molecule has 3 heterocycles. The van der Waals surface area contributed by atoms with Crippen molar-refractivity contribution in [3.63, 3.8) is 0 Å². The first kappa shape index (κ1) is 19.0. The Labute approximate surface area is 159 Å². The Morgan fingerprint density at radius 1 is 1.22 bits per heavy atom. The van der Waals surface area contributed by atoms with Gasteiger partial charge in [-0.1, -0.05) is 6.07 Å². The zero-order valence-corrected chi connectivity index (χ0v) is 16.7. The van der Waals surface area contributed by atoms with Crippen LogP contribution in [0.2, 0.25) is 0 Å². The number of aliphatic imine (C=N–C) groups is 1. The molecule has 1 atom stereocenters. The maximum Gasteiger partial charge on any atom is 0.191 e. The Morgan fingerprint density at radius 3 is 2.61 bits per heavy atom. The smallest absolute Gasteiger partial charge is 0.191 e. The van der Waals surface area contributed by atoms with E-state index in [0.717, 1.165) is 51.9 Å². The molecule has 0 saturated carbocycles. The summed E-state index contributed by atoms with van der Waals surface area (Å²) in [5.41, 5.74) is 6.22. The molecule has 1 aromatic heterocycles. The summed E-state index contributed by atoms with van der Waals surface area (Å²) in [6.45, 7) is 6.42. The second-order valence-electron chi connectivity index (χ2n) is 5.93. The minimum atomic E-state index is 0. The lowest BCUT2D eigenvalue weighted by molar-refractivity contribution is 0.0186. The van der Waals surface area contributed by atoms with Gasteiger partial charge in [0.1, 0.15) is 0 Å². The lowest BCUT2D eigenvalue weighted by atomic mass is 10.1. The van der Waals surface area contributed by atoms with Crippen LogP contribution in [0.15, 0.2) is 22.5 Å². The fourth-order valence-electron chi connectivity index (χ4n) is 3.16. The molecule has 7 heteroatoms. The van der Waals surface area contributed by atoms with Crippen LogP contribution in [-0.2, 0) is 4.74 Å². The van der Waals surface area contributed by atoms with Gasteiger partial charge in [-0.2, -0.15) is 0 Å². The first-order chi connectivity index (χ1) is 10.8. The van der Waals surface area contributed by atoms with E-state index in [1.165, 1.54) is 24.1 Å². The van der Waals surface area contributed by atoms with E-state index >= 15 is 0 Å². The van der Waals surface area contributed by atoms with Gasteiger partial charge in [-0.15, -0.1) is 35.3 Å². The lowest BCUT2D eigenvalue weighted by Crippen LogP contribution is -2.42. The predicted molar refractivity (Wildman–Crippen MR) is 107 cm³/mol. The molecule has 2 aliphatic rings. The Hall–Kier alpha value is -0.380. The predicted octanol–water partition coefficient (Wildman–Crippen LogP) is 2.54. The molecular weight excluding hydrogens is 423 g/mol. The van der Waals surface area contributed by atoms with Crippen LogP contribution in [0.25, 0.3) is 0 Å². The number of hydrogen-bond acceptors (Lipinski definition) is 4. The molecular formula is C16H27IN4OS. The van der Waals surface area contributed by atoms with Crippen LogP contribution in [0.1, 0.15) is 30.2 Å². The number of ether oxygens (including phenoxy) is 1. The summed E-state index contributed by atoms with van der Waals surface area (Å²) in [6, 6.07) is 4.65. The van der Waals surface area contributed by atoms with Gasteiger partial charge >= 0.3 is 0 Å². The number of likely N-dealkylation sites (tertiary alicyclic amines) is 1. The third kappa shape index (κ3) is 5.30. The molecule has 0 bridgehead atoms. The Kier molecular flexibility index (Phi) is 8.08. The van der Waals surface area contributed by atoms with Gasteiger partial charge < -0.3 is 15.4 Å². The molecule has 5 nitrogen and oxygen atoms in total. The molecule has 2 fully saturated rings. The van der Waals surface area contributed by atoms with E-state index in [9.17, 15) is 0 Å². The van der Waals surface area contributed by atoms with Crippen molar-refractivity contribution in [3.8, 4) is 0 Å². The molecule has 3 rings (SSSR count). The van der Waals surface area contributed by atoms with E-state index in [4.69, 9.17) is 15.5 Å². The van der Waals surface area contributed by atoms with Crippen LogP contribution < -0.4 is 5.73 Å². The first-order valence-electron chi connectivity index (χ1n) is 8.24. The van der Waals surface area contributed by atoms with Crippen LogP contribution in [0.5, 0.6) is 0 Å². The van der Waals surface area contributed by atoms with Gasteiger partial charge in [0.2, 0.25) is 0 Å². The van der Waals surface area contributed by atoms with Crippen molar-refractivity contribution < 1.29 is 4.74 Å². The third-order valence-electron chi connectivity index (χ3n) is 4.46. The van der Waals surface area contributed by atoms with E-state index in [-0.39, 0.29) is 24.0 Å². The fourth-order valence-corrected chi connectivity index (χ4v) is 4.01. The number of thiophene rings is 1. The lowest BCUT2D eigenvalue weighted by Gasteiger charge is -2.33. The number of guanidine groups is 1. The number of halogens is 1. The van der Waals surface area contributed by atoms with Crippen molar-refractivity contribution in [2.24, 2.45) is 10.7 Å². The van der Waals surface area contributed by atoms with Gasteiger partial charge in [0, 0.05) is 31.1 Å². The standard InChI is InChI=1S/C16H26N4OS.HI/c17-16(20-6-2-1-3-7-20)18-13-14(15-5-4-12-22-15)19-8-10-21-11-9-19;/h4-5,12,14H,1-3,6-11,13H2,(H2,17,18);1H. The van der Waals surface area contributed by atoms with Crippen molar-refractivity contribution in [2.45, 2.75) is 25.3 Å². The molecule has 0 aromatic carbocycles. The summed E-state index contributed by atoms with van der Waals surface area (Å²) >= 11 is 1.81. The largest absolute Gasteiger partial charge is 0.379 e. The Morgan fingerprint density at radius 2 is 1.96 bits per heavy atom. The van der Waals surface area contributed by atoms with Crippen LogP contribution in [-0.4, -0.2) is 61.7 Å². The van der Waals surface area contributed by atoms with Crippen LogP contribution in [0.3, 0.4) is 0 Å². The topological polar surface area (TPSA) is 54.1 Å². The number of rotatable bonds is 4. The normalized spacial score (nSPS) is 21.7. The Bertz CT molecular complexity index is 470. The highest BCUT2D eigenvalue weighted by Crippen LogP contribution is 2.26. The van der Waals surface area contributed by atoms with E-state index in [1.807, 2.05) is 0 Å². The van der Waals surface area contributed by atoms with Crippen LogP contribution in [0, 0.1) is 0 Å². The van der Waals surface area contributed by atoms with Crippen molar-refractivity contribution in [1.82, 2.24) is 9.80 Å². The van der Waals surface area contributed by atoms with Crippen molar-refractivity contribution in [1.29, 1.82) is 0 Å². The SMILES string of the molecule is I.NC(=NCC(c1cccs1)N1CCOCC1)N1CCCCC1. The van der Waals surface area contributed by atoms with Crippen LogP contribution >= 0.6 is 35.3 Å². The summed E-state index contributed by atoms with van der Waals surface area (Å²) in [5.74, 6) is 0.717. The van der Waals surface area contributed by atoms with Gasteiger partial charge in [0.15, 0.2) is 5.96 Å². The van der Waals surface area contributed by atoms with E-state index in [0.29, 0.717) is 6.04 Å². The summed E-state index contributed by atoms with van der Waals surface area (Å²) in [4.78, 5) is 10.8. The number of hydrogen-bond donors (Lipinski definition) is 1. The van der Waals surface area contributed by atoms with Crippen LogP contribution in [0.4, 0.5) is 0 Å². The monoisotopic (exact) mass is 450 g/mol. The zero-order valence-electron chi connectivity index (χ0n) is 13.5. The van der Waals surface area contributed by atoms with E-state index in [1.54, 1.807) is 11.3 Å². The maximum atomic E-state index is 6.22. The molecule has 0 radical (unpaired) electrons. The number of nitrogens with two attached hydrogens (primary N) is 1. The van der Waals surface area contributed by atoms with E-state index < -0.39 is 0 Å². The molecule has 1 unspecified atom stereocenters. The summed E-state index contributed by atoms with van der Waals surface area (Å²) < 4.78 is 5.48. The van der Waals surface area contributed by atoms with Crippen molar-refractivity contribution >= 4 is 41.3 Å². The van der Waals surface area contributed by atoms with E-state index in [2.05, 4.69) is 27.3 Å². The highest BCUT2D eigenvalue weighted by molar-refractivity contribution is 14.0. The van der Waals surface area contributed by atoms with Gasteiger partial charge in [0.25, 0.3) is 0 Å². The maximum absolute atomic E-state index is 6.22.